The molecule has 0 atom stereocenters. The second-order valence-electron chi connectivity index (χ2n) is 11.2. The summed E-state index contributed by atoms with van der Waals surface area (Å²) >= 11 is 0. The van der Waals surface area contributed by atoms with Gasteiger partial charge in [-0.3, -0.25) is 9.59 Å². The number of carbonyl (C=O) groups is 4. The number of nitrogens with zero attached hydrogens (tertiary/aromatic N) is 2. The molecule has 236 valence electrons. The molecular formula is C35H38N2O8. The van der Waals surface area contributed by atoms with Crippen LogP contribution in [0.4, 0.5) is 0 Å². The van der Waals surface area contributed by atoms with Crippen LogP contribution in [0, 0.1) is 13.8 Å². The van der Waals surface area contributed by atoms with Crippen molar-refractivity contribution < 1.29 is 38.1 Å². The van der Waals surface area contributed by atoms with Gasteiger partial charge >= 0.3 is 23.9 Å². The number of benzene rings is 2. The van der Waals surface area contributed by atoms with E-state index in [-0.39, 0.29) is 63.3 Å². The average Bonchev–Trinajstić information content (AvgIpc) is 3.27. The first kappa shape index (κ1) is 33.0. The number of fused-ring (bicyclic) bond motifs is 4. The summed E-state index contributed by atoms with van der Waals surface area (Å²) in [5.74, 6) is -2.06. The Labute approximate surface area is 262 Å². The van der Waals surface area contributed by atoms with Gasteiger partial charge in [0.2, 0.25) is 0 Å². The molecule has 2 aromatic carbocycles. The molecular weight excluding hydrogens is 576 g/mol. The van der Waals surface area contributed by atoms with E-state index in [0.29, 0.717) is 11.4 Å². The van der Waals surface area contributed by atoms with E-state index in [0.717, 1.165) is 33.3 Å². The van der Waals surface area contributed by atoms with Gasteiger partial charge in [0, 0.05) is 35.0 Å². The lowest BCUT2D eigenvalue weighted by molar-refractivity contribution is -0.150. The number of aryl methyl sites for hydroxylation is 2. The van der Waals surface area contributed by atoms with Crippen LogP contribution in [0.2, 0.25) is 0 Å². The Kier molecular flexibility index (Phi) is 10.5. The predicted octanol–water partition coefficient (Wildman–Crippen LogP) is 5.40. The number of ether oxygens (including phenoxy) is 4. The van der Waals surface area contributed by atoms with Gasteiger partial charge in [0.05, 0.1) is 22.4 Å². The maximum absolute atomic E-state index is 12.9. The summed E-state index contributed by atoms with van der Waals surface area (Å²) in [5, 5.41) is 0. The summed E-state index contributed by atoms with van der Waals surface area (Å²) < 4.78 is 20.7. The molecule has 1 aromatic heterocycles. The lowest BCUT2D eigenvalue weighted by atomic mass is 9.73. The monoisotopic (exact) mass is 614 g/mol. The van der Waals surface area contributed by atoms with Gasteiger partial charge in [-0.1, -0.05) is 37.4 Å². The molecule has 4 rings (SSSR count). The molecule has 0 fully saturated rings. The first-order valence-electron chi connectivity index (χ1n) is 14.8. The highest BCUT2D eigenvalue weighted by Crippen LogP contribution is 2.52. The fourth-order valence-electron chi connectivity index (χ4n) is 5.30. The van der Waals surface area contributed by atoms with Gasteiger partial charge in [-0.2, -0.15) is 0 Å². The van der Waals surface area contributed by atoms with Crippen molar-refractivity contribution in [2.45, 2.75) is 58.8 Å². The van der Waals surface area contributed by atoms with Crippen LogP contribution >= 0.6 is 0 Å². The third-order valence-corrected chi connectivity index (χ3v) is 7.80. The van der Waals surface area contributed by atoms with Gasteiger partial charge in [0.1, 0.15) is 26.4 Å². The third-order valence-electron chi connectivity index (χ3n) is 7.80. The van der Waals surface area contributed by atoms with Crippen LogP contribution in [0.3, 0.4) is 0 Å². The molecule has 0 amide bonds. The zero-order valence-corrected chi connectivity index (χ0v) is 26.2. The van der Waals surface area contributed by atoms with Gasteiger partial charge in [0.25, 0.3) is 0 Å². The van der Waals surface area contributed by atoms with Crippen LogP contribution in [-0.2, 0) is 43.5 Å². The Morgan fingerprint density at radius 3 is 1.69 bits per heavy atom. The summed E-state index contributed by atoms with van der Waals surface area (Å²) in [6.45, 7) is 13.8. The molecule has 1 aliphatic carbocycles. The number of hydrogen-bond acceptors (Lipinski definition) is 10. The van der Waals surface area contributed by atoms with Crippen molar-refractivity contribution in [3.63, 3.8) is 0 Å². The maximum Gasteiger partial charge on any atom is 0.333 e. The largest absolute Gasteiger partial charge is 0.462 e. The van der Waals surface area contributed by atoms with Crippen molar-refractivity contribution in [3.05, 3.63) is 83.1 Å². The van der Waals surface area contributed by atoms with Gasteiger partial charge < -0.3 is 18.9 Å². The number of rotatable bonds is 14. The van der Waals surface area contributed by atoms with E-state index in [2.05, 4.69) is 13.2 Å². The first-order chi connectivity index (χ1) is 21.4. The molecule has 0 radical (unpaired) electrons. The van der Waals surface area contributed by atoms with Crippen molar-refractivity contribution in [1.82, 2.24) is 9.97 Å². The molecule has 1 aliphatic rings. The Hall–Kier alpha value is -4.86. The minimum atomic E-state index is -0.844. The van der Waals surface area contributed by atoms with Gasteiger partial charge in [-0.15, -0.1) is 0 Å². The average molecular weight is 615 g/mol. The summed E-state index contributed by atoms with van der Waals surface area (Å²) in [5.41, 5.74) is 6.52. The van der Waals surface area contributed by atoms with E-state index in [1.807, 2.05) is 50.2 Å². The fourth-order valence-corrected chi connectivity index (χ4v) is 5.30. The van der Waals surface area contributed by atoms with Crippen LogP contribution < -0.4 is 0 Å². The Morgan fingerprint density at radius 1 is 0.711 bits per heavy atom. The second kappa shape index (κ2) is 14.3. The highest BCUT2D eigenvalue weighted by atomic mass is 16.6. The molecule has 1 heterocycles. The molecule has 45 heavy (non-hydrogen) atoms. The molecule has 10 nitrogen and oxygen atoms in total. The van der Waals surface area contributed by atoms with Crippen molar-refractivity contribution >= 4 is 34.9 Å². The summed E-state index contributed by atoms with van der Waals surface area (Å²) in [4.78, 5) is 59.2. The third kappa shape index (κ3) is 7.63. The van der Waals surface area contributed by atoms with E-state index in [1.165, 1.54) is 13.8 Å². The molecule has 0 N–H and O–H groups in total. The highest BCUT2D eigenvalue weighted by Gasteiger charge is 2.46. The van der Waals surface area contributed by atoms with Crippen LogP contribution in [0.1, 0.15) is 61.9 Å². The van der Waals surface area contributed by atoms with Crippen molar-refractivity contribution in [1.29, 1.82) is 0 Å². The number of esters is 4. The molecule has 0 saturated heterocycles. The molecule has 0 saturated carbocycles. The van der Waals surface area contributed by atoms with Crippen LogP contribution in [-0.4, -0.2) is 60.3 Å². The number of carbonyl (C=O) groups excluding carboxylic acids is 4. The van der Waals surface area contributed by atoms with Crippen LogP contribution in [0.5, 0.6) is 0 Å². The molecule has 0 bridgehead atoms. The van der Waals surface area contributed by atoms with Gasteiger partial charge in [-0.05, 0) is 69.4 Å². The SMILES string of the molecule is C=C(C)C(=O)OCCOC(=O)CCC1(CCC(=O)OCCOC(=O)C(=C)C)c2ccccc2-c2nc3cc(C)c(C)cc3nc21. The molecule has 10 heteroatoms. The topological polar surface area (TPSA) is 131 Å². The van der Waals surface area contributed by atoms with Crippen molar-refractivity contribution in [3.8, 4) is 11.3 Å². The Morgan fingerprint density at radius 2 is 1.18 bits per heavy atom. The van der Waals surface area contributed by atoms with Crippen molar-refractivity contribution in [2.75, 3.05) is 26.4 Å². The lowest BCUT2D eigenvalue weighted by Crippen LogP contribution is -2.29. The zero-order valence-electron chi connectivity index (χ0n) is 26.2. The van der Waals surface area contributed by atoms with E-state index in [1.54, 1.807) is 0 Å². The zero-order chi connectivity index (χ0) is 32.7. The number of aromatic nitrogens is 2. The fraction of sp³-hybridized carbons (Fsp3) is 0.371. The molecule has 0 spiro atoms. The summed E-state index contributed by atoms with van der Waals surface area (Å²) in [6.07, 6.45) is 0.605. The van der Waals surface area contributed by atoms with E-state index in [9.17, 15) is 19.2 Å². The Balaban J connectivity index is 1.59. The Bertz CT molecular complexity index is 1630. The molecule has 0 aliphatic heterocycles. The number of hydrogen-bond donors (Lipinski definition) is 0. The second-order valence-corrected chi connectivity index (χ2v) is 11.2. The maximum atomic E-state index is 12.9. The van der Waals surface area contributed by atoms with Crippen LogP contribution in [0.25, 0.3) is 22.3 Å². The highest BCUT2D eigenvalue weighted by molar-refractivity contribution is 5.88. The summed E-state index contributed by atoms with van der Waals surface area (Å²) in [6, 6.07) is 11.8. The smallest absolute Gasteiger partial charge is 0.333 e. The molecule has 0 unspecified atom stereocenters. The van der Waals surface area contributed by atoms with Gasteiger partial charge in [-0.25, -0.2) is 19.6 Å². The van der Waals surface area contributed by atoms with Crippen LogP contribution in [0.15, 0.2) is 60.7 Å². The van der Waals surface area contributed by atoms with E-state index < -0.39 is 29.3 Å². The minimum Gasteiger partial charge on any atom is -0.462 e. The molecule has 3 aromatic rings. The van der Waals surface area contributed by atoms with Gasteiger partial charge in [0.15, 0.2) is 0 Å². The van der Waals surface area contributed by atoms with E-state index in [4.69, 9.17) is 28.9 Å². The van der Waals surface area contributed by atoms with E-state index >= 15 is 0 Å². The lowest BCUT2D eigenvalue weighted by Gasteiger charge is -2.30. The summed E-state index contributed by atoms with van der Waals surface area (Å²) in [7, 11) is 0. The first-order valence-corrected chi connectivity index (χ1v) is 14.8. The van der Waals surface area contributed by atoms with Crippen molar-refractivity contribution in [2.24, 2.45) is 0 Å². The predicted molar refractivity (Wildman–Crippen MR) is 167 cm³/mol. The quantitative estimate of drug-likeness (QED) is 0.101. The normalized spacial score (nSPS) is 12.5. The standard InChI is InChI=1S/C35H38N2O8/c1-21(2)33(40)44-17-15-42-29(38)11-13-35(14-12-30(39)43-16-18-45-34(41)22(3)4)26-10-8-7-9-25(26)31-32(35)37-28-20-24(6)23(5)19-27(28)36-31/h7-10,19-20H,1,3,11-18H2,2,4-6H3. The minimum absolute atomic E-state index is 0.0146.